The Balaban J connectivity index is 1.61. The molecule has 6 nitrogen and oxygen atoms in total. The number of nitrogens with zero attached hydrogens (tertiary/aromatic N) is 2. The van der Waals surface area contributed by atoms with Gasteiger partial charge in [-0.1, -0.05) is 35.1 Å². The molecule has 0 bridgehead atoms. The first-order chi connectivity index (χ1) is 16.9. The highest BCUT2D eigenvalue weighted by Gasteiger charge is 2.33. The van der Waals surface area contributed by atoms with Gasteiger partial charge in [-0.15, -0.1) is 11.3 Å². The first-order valence-electron chi connectivity index (χ1n) is 10.7. The Hall–Kier alpha value is -2.72. The Morgan fingerprint density at radius 1 is 1.31 bits per heavy atom. The fraction of sp³-hybridized carbons (Fsp3) is 0.160. The highest BCUT2D eigenvalue weighted by Crippen LogP contribution is 2.33. The van der Waals surface area contributed by atoms with Gasteiger partial charge in [-0.2, -0.15) is 0 Å². The molecule has 1 aliphatic heterocycles. The lowest BCUT2D eigenvalue weighted by Crippen LogP contribution is -2.39. The molecule has 0 saturated carbocycles. The maximum atomic E-state index is 13.6. The average Bonchev–Trinajstić information content (AvgIpc) is 3.57. The highest BCUT2D eigenvalue weighted by atomic mass is 79.9. The number of carbonyl (C=O) groups is 1. The van der Waals surface area contributed by atoms with E-state index in [0.717, 1.165) is 14.9 Å². The van der Waals surface area contributed by atoms with Gasteiger partial charge >= 0.3 is 5.97 Å². The lowest BCUT2D eigenvalue weighted by Gasteiger charge is -2.23. The molecule has 0 spiro atoms. The van der Waals surface area contributed by atoms with Gasteiger partial charge in [0.25, 0.3) is 5.56 Å². The number of benzene rings is 1. The monoisotopic (exact) mass is 588 g/mol. The molecule has 178 valence electrons. The second kappa shape index (κ2) is 9.73. The van der Waals surface area contributed by atoms with Crippen molar-refractivity contribution >= 4 is 62.2 Å². The van der Waals surface area contributed by atoms with Gasteiger partial charge in [-0.25, -0.2) is 9.79 Å². The van der Waals surface area contributed by atoms with Crippen LogP contribution in [-0.4, -0.2) is 17.1 Å². The largest absolute Gasteiger partial charge is 0.463 e. The normalized spacial score (nSPS) is 15.8. The van der Waals surface area contributed by atoms with Crippen LogP contribution in [0.5, 0.6) is 0 Å². The van der Waals surface area contributed by atoms with E-state index in [9.17, 15) is 9.59 Å². The van der Waals surface area contributed by atoms with E-state index in [4.69, 9.17) is 20.8 Å². The highest BCUT2D eigenvalue weighted by molar-refractivity contribution is 9.10. The summed E-state index contributed by atoms with van der Waals surface area (Å²) in [4.78, 5) is 32.4. The lowest BCUT2D eigenvalue weighted by atomic mass is 10.0. The van der Waals surface area contributed by atoms with Gasteiger partial charge in [0.1, 0.15) is 17.6 Å². The van der Waals surface area contributed by atoms with Crippen LogP contribution in [-0.2, 0) is 9.53 Å². The molecule has 3 aromatic heterocycles. The van der Waals surface area contributed by atoms with E-state index in [1.54, 1.807) is 30.6 Å². The van der Waals surface area contributed by atoms with E-state index in [1.807, 2.05) is 41.8 Å². The molecule has 1 atom stereocenters. The third-order valence-electron chi connectivity index (χ3n) is 5.43. The van der Waals surface area contributed by atoms with Crippen LogP contribution in [0.1, 0.15) is 30.5 Å². The standard InChI is InChI=1S/C25H18BrClN2O4S2/c1-3-32-24(31)21-13(2)28-25-29(22(21)19-5-4-10-34-19)23(30)20(35-25)12-15-7-9-18(33-15)14-6-8-16(26)17(27)11-14/h4-12,22H,3H2,1-2H3/b20-12+. The van der Waals surface area contributed by atoms with Gasteiger partial charge in [-0.3, -0.25) is 9.36 Å². The van der Waals surface area contributed by atoms with Gasteiger partial charge in [0.05, 0.1) is 27.4 Å². The van der Waals surface area contributed by atoms with Gasteiger partial charge < -0.3 is 9.15 Å². The molecule has 0 N–H and O–H groups in total. The van der Waals surface area contributed by atoms with E-state index >= 15 is 0 Å². The van der Waals surface area contributed by atoms with Crippen LogP contribution in [0.3, 0.4) is 0 Å². The van der Waals surface area contributed by atoms with Crippen molar-refractivity contribution in [2.24, 2.45) is 4.99 Å². The molecule has 5 rings (SSSR count). The number of fused-ring (bicyclic) bond motifs is 1. The Kier molecular flexibility index (Phi) is 6.67. The topological polar surface area (TPSA) is 73.8 Å². The molecule has 10 heteroatoms. The van der Waals surface area contributed by atoms with E-state index < -0.39 is 12.0 Å². The predicted octanol–water partition coefficient (Wildman–Crippen LogP) is 5.54. The number of thiazole rings is 1. The van der Waals surface area contributed by atoms with Crippen molar-refractivity contribution in [3.8, 4) is 11.3 Å². The van der Waals surface area contributed by atoms with Crippen LogP contribution in [0, 0.1) is 0 Å². The molecule has 0 aliphatic carbocycles. The summed E-state index contributed by atoms with van der Waals surface area (Å²) in [5.41, 5.74) is 1.50. The fourth-order valence-electron chi connectivity index (χ4n) is 3.87. The molecule has 4 heterocycles. The number of furan rings is 1. The molecule has 1 aliphatic rings. The summed E-state index contributed by atoms with van der Waals surface area (Å²) >= 11 is 12.3. The summed E-state index contributed by atoms with van der Waals surface area (Å²) < 4.78 is 14.1. The fourth-order valence-corrected chi connectivity index (χ4v) is 6.15. The summed E-state index contributed by atoms with van der Waals surface area (Å²) in [6.07, 6.45) is 1.70. The van der Waals surface area contributed by atoms with Crippen LogP contribution < -0.4 is 14.9 Å². The Morgan fingerprint density at radius 3 is 2.86 bits per heavy atom. The summed E-state index contributed by atoms with van der Waals surface area (Å²) in [6, 6.07) is 12.4. The van der Waals surface area contributed by atoms with Gasteiger partial charge in [0.15, 0.2) is 4.80 Å². The van der Waals surface area contributed by atoms with Crippen LogP contribution in [0.2, 0.25) is 5.02 Å². The molecule has 0 radical (unpaired) electrons. The van der Waals surface area contributed by atoms with Crippen LogP contribution >= 0.6 is 50.2 Å². The van der Waals surface area contributed by atoms with E-state index in [-0.39, 0.29) is 12.2 Å². The number of halogens is 2. The van der Waals surface area contributed by atoms with Crippen molar-refractivity contribution in [2.75, 3.05) is 6.61 Å². The number of allylic oxidation sites excluding steroid dienone is 1. The minimum absolute atomic E-state index is 0.238. The molecule has 1 aromatic carbocycles. The molecule has 0 fully saturated rings. The third kappa shape index (κ3) is 4.49. The van der Waals surface area contributed by atoms with Crippen LogP contribution in [0.4, 0.5) is 0 Å². The van der Waals surface area contributed by atoms with Crippen molar-refractivity contribution in [3.63, 3.8) is 0 Å². The van der Waals surface area contributed by atoms with E-state index in [0.29, 0.717) is 37.1 Å². The van der Waals surface area contributed by atoms with E-state index in [1.165, 1.54) is 22.7 Å². The zero-order chi connectivity index (χ0) is 24.7. The second-order valence-electron chi connectivity index (χ2n) is 7.65. The van der Waals surface area contributed by atoms with Crippen LogP contribution in [0.25, 0.3) is 17.4 Å². The zero-order valence-corrected chi connectivity index (χ0v) is 22.6. The Bertz CT molecular complexity index is 1650. The molecule has 35 heavy (non-hydrogen) atoms. The number of rotatable bonds is 5. The zero-order valence-electron chi connectivity index (χ0n) is 18.6. The SMILES string of the molecule is CCOC(=O)C1=C(C)N=c2s/c(=C/c3ccc(-c4ccc(Br)c(Cl)c4)o3)c(=O)n2C1c1cccs1. The Labute approximate surface area is 221 Å². The van der Waals surface area contributed by atoms with Crippen molar-refractivity contribution in [3.05, 3.63) is 98.9 Å². The summed E-state index contributed by atoms with van der Waals surface area (Å²) in [6.45, 7) is 3.76. The number of thiophene rings is 1. The third-order valence-corrected chi connectivity index (χ3v) is 8.57. The average molecular weight is 590 g/mol. The van der Waals surface area contributed by atoms with Crippen molar-refractivity contribution in [1.82, 2.24) is 4.57 Å². The smallest absolute Gasteiger partial charge is 0.338 e. The Morgan fingerprint density at radius 2 is 2.14 bits per heavy atom. The second-order valence-corrected chi connectivity index (χ2v) is 10.9. The molecule has 1 unspecified atom stereocenters. The van der Waals surface area contributed by atoms with Crippen LogP contribution in [0.15, 0.2) is 77.8 Å². The summed E-state index contributed by atoms with van der Waals surface area (Å²) in [5.74, 6) is 0.693. The molecule has 0 saturated heterocycles. The number of esters is 1. The van der Waals surface area contributed by atoms with Crippen molar-refractivity contribution in [2.45, 2.75) is 19.9 Å². The first kappa shape index (κ1) is 24.0. The first-order valence-corrected chi connectivity index (χ1v) is 13.5. The van der Waals surface area contributed by atoms with Crippen molar-refractivity contribution < 1.29 is 13.9 Å². The minimum Gasteiger partial charge on any atom is -0.463 e. The number of hydrogen-bond acceptors (Lipinski definition) is 7. The van der Waals surface area contributed by atoms with Crippen molar-refractivity contribution in [1.29, 1.82) is 0 Å². The maximum absolute atomic E-state index is 13.6. The van der Waals surface area contributed by atoms with Gasteiger partial charge in [-0.05, 0) is 65.5 Å². The molecular formula is C25H18BrClN2O4S2. The summed E-state index contributed by atoms with van der Waals surface area (Å²) in [5, 5.41) is 2.50. The number of hydrogen-bond donors (Lipinski definition) is 0. The molecular weight excluding hydrogens is 572 g/mol. The number of aromatic nitrogens is 1. The van der Waals surface area contributed by atoms with E-state index in [2.05, 4.69) is 20.9 Å². The maximum Gasteiger partial charge on any atom is 0.338 e. The summed E-state index contributed by atoms with van der Waals surface area (Å²) in [7, 11) is 0. The lowest BCUT2D eigenvalue weighted by molar-refractivity contribution is -0.139. The van der Waals surface area contributed by atoms with Gasteiger partial charge in [0, 0.05) is 21.0 Å². The number of carbonyl (C=O) groups excluding carboxylic acids is 1. The quantitative estimate of drug-likeness (QED) is 0.287. The number of ether oxygens (including phenoxy) is 1. The minimum atomic E-state index is -0.593. The predicted molar refractivity (Wildman–Crippen MR) is 142 cm³/mol. The van der Waals surface area contributed by atoms with Gasteiger partial charge in [0.2, 0.25) is 0 Å². The molecule has 0 amide bonds. The molecule has 4 aromatic rings.